The van der Waals surface area contributed by atoms with E-state index in [4.69, 9.17) is 5.73 Å². The third kappa shape index (κ3) is 2.86. The smallest absolute Gasteiger partial charge is 0.123 e. The number of hydrogen-bond donors (Lipinski definition) is 1. The second kappa shape index (κ2) is 5.54. The maximum Gasteiger partial charge on any atom is 0.123 e. The Kier molecular flexibility index (Phi) is 3.76. The fourth-order valence-corrected chi connectivity index (χ4v) is 3.19. The van der Waals surface area contributed by atoms with Crippen LogP contribution in [-0.4, -0.2) is 6.04 Å². The molecule has 1 aromatic carbocycles. The van der Waals surface area contributed by atoms with Crippen molar-refractivity contribution in [2.45, 2.75) is 38.4 Å². The van der Waals surface area contributed by atoms with Crippen molar-refractivity contribution in [2.24, 2.45) is 5.73 Å². The van der Waals surface area contributed by atoms with E-state index in [0.717, 1.165) is 17.8 Å². The minimum absolute atomic E-state index is 0.163. The van der Waals surface area contributed by atoms with Crippen molar-refractivity contribution in [3.05, 3.63) is 52.0 Å². The van der Waals surface area contributed by atoms with Gasteiger partial charge < -0.3 is 10.6 Å². The molecule has 20 heavy (non-hydrogen) atoms. The molecule has 4 heteroatoms. The molecular weight excluding hydrogens is 271 g/mol. The van der Waals surface area contributed by atoms with Crippen LogP contribution in [0.25, 0.3) is 0 Å². The standard InChI is InChI=1S/C16H19FN2S/c1-11(18)15-8-13(17)2-5-16(15)19(14-3-4-14)9-12-6-7-20-10-12/h2,5-8,10-11,14H,3-4,9,18H2,1H3. The van der Waals surface area contributed by atoms with Crippen LogP contribution in [0.4, 0.5) is 10.1 Å². The summed E-state index contributed by atoms with van der Waals surface area (Å²) in [7, 11) is 0. The highest BCUT2D eigenvalue weighted by molar-refractivity contribution is 7.07. The van der Waals surface area contributed by atoms with Crippen LogP contribution in [0.5, 0.6) is 0 Å². The van der Waals surface area contributed by atoms with E-state index >= 15 is 0 Å². The minimum atomic E-state index is -0.215. The molecular formula is C16H19FN2S. The van der Waals surface area contributed by atoms with Crippen LogP contribution in [-0.2, 0) is 6.54 Å². The SMILES string of the molecule is CC(N)c1cc(F)ccc1N(Cc1ccsc1)C1CC1. The van der Waals surface area contributed by atoms with Crippen LogP contribution in [0, 0.1) is 5.82 Å². The van der Waals surface area contributed by atoms with Crippen molar-refractivity contribution in [3.8, 4) is 0 Å². The van der Waals surface area contributed by atoms with Gasteiger partial charge in [0.15, 0.2) is 0 Å². The van der Waals surface area contributed by atoms with Gasteiger partial charge in [-0.2, -0.15) is 11.3 Å². The van der Waals surface area contributed by atoms with E-state index in [1.165, 1.54) is 24.5 Å². The van der Waals surface area contributed by atoms with Gasteiger partial charge in [-0.3, -0.25) is 0 Å². The molecule has 1 saturated carbocycles. The zero-order chi connectivity index (χ0) is 14.1. The highest BCUT2D eigenvalue weighted by atomic mass is 32.1. The summed E-state index contributed by atoms with van der Waals surface area (Å²) in [6.07, 6.45) is 2.42. The van der Waals surface area contributed by atoms with Gasteiger partial charge in [-0.15, -0.1) is 0 Å². The summed E-state index contributed by atoms with van der Waals surface area (Å²) in [6.45, 7) is 2.79. The second-order valence-electron chi connectivity index (χ2n) is 5.48. The molecule has 1 fully saturated rings. The van der Waals surface area contributed by atoms with Crippen molar-refractivity contribution in [1.82, 2.24) is 0 Å². The number of benzene rings is 1. The maximum absolute atomic E-state index is 13.5. The van der Waals surface area contributed by atoms with Crippen LogP contribution < -0.4 is 10.6 Å². The summed E-state index contributed by atoms with van der Waals surface area (Å²) in [6, 6.07) is 7.53. The van der Waals surface area contributed by atoms with Gasteiger partial charge in [0.1, 0.15) is 5.82 Å². The first kappa shape index (κ1) is 13.6. The van der Waals surface area contributed by atoms with Gasteiger partial charge in [0.25, 0.3) is 0 Å². The molecule has 2 aromatic rings. The molecule has 0 saturated heterocycles. The van der Waals surface area contributed by atoms with Gasteiger partial charge >= 0.3 is 0 Å². The summed E-state index contributed by atoms with van der Waals surface area (Å²) in [5, 5.41) is 4.27. The predicted molar refractivity (Wildman–Crippen MR) is 82.5 cm³/mol. The molecule has 106 valence electrons. The van der Waals surface area contributed by atoms with Crippen molar-refractivity contribution < 1.29 is 4.39 Å². The molecule has 1 aliphatic carbocycles. The molecule has 1 atom stereocenters. The van der Waals surface area contributed by atoms with E-state index in [2.05, 4.69) is 21.7 Å². The van der Waals surface area contributed by atoms with Crippen molar-refractivity contribution in [2.75, 3.05) is 4.90 Å². The highest BCUT2D eigenvalue weighted by Gasteiger charge is 2.31. The molecule has 0 amide bonds. The third-order valence-electron chi connectivity index (χ3n) is 3.71. The number of nitrogens with zero attached hydrogens (tertiary/aromatic N) is 1. The Hall–Kier alpha value is -1.39. The van der Waals surface area contributed by atoms with Crippen LogP contribution in [0.1, 0.15) is 36.9 Å². The Balaban J connectivity index is 1.95. The zero-order valence-corrected chi connectivity index (χ0v) is 12.4. The zero-order valence-electron chi connectivity index (χ0n) is 11.6. The molecule has 2 N–H and O–H groups in total. The van der Waals surface area contributed by atoms with Gasteiger partial charge in [-0.1, -0.05) is 0 Å². The Morgan fingerprint density at radius 1 is 1.40 bits per heavy atom. The first-order chi connectivity index (χ1) is 9.65. The molecule has 2 nitrogen and oxygen atoms in total. The molecule has 1 heterocycles. The van der Waals surface area contributed by atoms with Crippen molar-refractivity contribution in [3.63, 3.8) is 0 Å². The lowest BCUT2D eigenvalue weighted by atomic mass is 10.0. The fourth-order valence-electron chi connectivity index (χ4n) is 2.53. The number of thiophene rings is 1. The van der Waals surface area contributed by atoms with Gasteiger partial charge in [0, 0.05) is 24.3 Å². The maximum atomic E-state index is 13.5. The number of nitrogens with two attached hydrogens (primary N) is 1. The Labute approximate surface area is 123 Å². The molecule has 0 aliphatic heterocycles. The molecule has 1 aliphatic rings. The Morgan fingerprint density at radius 2 is 2.20 bits per heavy atom. The number of anilines is 1. The molecule has 0 radical (unpaired) electrons. The average Bonchev–Trinajstić information content (AvgIpc) is 3.13. The second-order valence-corrected chi connectivity index (χ2v) is 6.26. The predicted octanol–water partition coefficient (Wildman–Crippen LogP) is 4.08. The van der Waals surface area contributed by atoms with E-state index < -0.39 is 0 Å². The van der Waals surface area contributed by atoms with Crippen LogP contribution in [0.3, 0.4) is 0 Å². The Morgan fingerprint density at radius 3 is 2.80 bits per heavy atom. The highest BCUT2D eigenvalue weighted by Crippen LogP contribution is 2.37. The molecule has 1 unspecified atom stereocenters. The van der Waals surface area contributed by atoms with Gasteiger partial charge in [0.2, 0.25) is 0 Å². The van der Waals surface area contributed by atoms with E-state index in [9.17, 15) is 4.39 Å². The lowest BCUT2D eigenvalue weighted by molar-refractivity contribution is 0.621. The molecule has 1 aromatic heterocycles. The largest absolute Gasteiger partial charge is 0.364 e. The first-order valence-electron chi connectivity index (χ1n) is 6.98. The van der Waals surface area contributed by atoms with E-state index in [1.54, 1.807) is 17.4 Å². The molecule has 0 bridgehead atoms. The normalized spacial score (nSPS) is 16.1. The minimum Gasteiger partial charge on any atom is -0.364 e. The van der Waals surface area contributed by atoms with Crippen LogP contribution >= 0.6 is 11.3 Å². The Bertz CT molecular complexity index is 576. The summed E-state index contributed by atoms with van der Waals surface area (Å²) >= 11 is 1.71. The number of hydrogen-bond acceptors (Lipinski definition) is 3. The van der Waals surface area contributed by atoms with E-state index in [0.29, 0.717) is 6.04 Å². The van der Waals surface area contributed by atoms with E-state index in [-0.39, 0.29) is 11.9 Å². The summed E-state index contributed by atoms with van der Waals surface area (Å²) in [4.78, 5) is 2.38. The summed E-state index contributed by atoms with van der Waals surface area (Å²) in [5.74, 6) is -0.215. The van der Waals surface area contributed by atoms with Crippen molar-refractivity contribution >= 4 is 17.0 Å². The lowest BCUT2D eigenvalue weighted by Gasteiger charge is -2.28. The lowest BCUT2D eigenvalue weighted by Crippen LogP contribution is -2.27. The molecule has 3 rings (SSSR count). The van der Waals surface area contributed by atoms with Crippen molar-refractivity contribution in [1.29, 1.82) is 0 Å². The van der Waals surface area contributed by atoms with Gasteiger partial charge in [-0.25, -0.2) is 4.39 Å². The van der Waals surface area contributed by atoms with Gasteiger partial charge in [0.05, 0.1) is 0 Å². The molecule has 0 spiro atoms. The quantitative estimate of drug-likeness (QED) is 0.899. The van der Waals surface area contributed by atoms with Crippen LogP contribution in [0.2, 0.25) is 0 Å². The van der Waals surface area contributed by atoms with E-state index in [1.807, 2.05) is 13.0 Å². The fraction of sp³-hybridized carbons (Fsp3) is 0.375. The average molecular weight is 290 g/mol. The summed E-state index contributed by atoms with van der Waals surface area (Å²) < 4.78 is 13.5. The first-order valence-corrected chi connectivity index (χ1v) is 7.92. The topological polar surface area (TPSA) is 29.3 Å². The number of rotatable bonds is 5. The van der Waals surface area contributed by atoms with Crippen LogP contribution in [0.15, 0.2) is 35.0 Å². The number of halogens is 1. The monoisotopic (exact) mass is 290 g/mol. The third-order valence-corrected chi connectivity index (χ3v) is 4.44. The van der Waals surface area contributed by atoms with Gasteiger partial charge in [-0.05, 0) is 65.9 Å². The summed E-state index contributed by atoms with van der Waals surface area (Å²) in [5.41, 5.74) is 9.31.